The maximum Gasteiger partial charge on any atom is 0.345 e. The first-order chi connectivity index (χ1) is 10.9. The number of aromatic nitrogens is 1. The van der Waals surface area contributed by atoms with Crippen LogP contribution >= 0.6 is 0 Å². The molecule has 0 aliphatic carbocycles. The summed E-state index contributed by atoms with van der Waals surface area (Å²) in [6.45, 7) is 2.75. The van der Waals surface area contributed by atoms with Crippen LogP contribution in [0.2, 0.25) is 0 Å². The zero-order chi connectivity index (χ0) is 16.7. The predicted molar refractivity (Wildman–Crippen MR) is 87.5 cm³/mol. The molecule has 0 saturated heterocycles. The van der Waals surface area contributed by atoms with Crippen molar-refractivity contribution in [2.45, 2.75) is 19.8 Å². The van der Waals surface area contributed by atoms with Crippen LogP contribution < -0.4 is 10.5 Å². The van der Waals surface area contributed by atoms with Gasteiger partial charge in [-0.1, -0.05) is 13.0 Å². The van der Waals surface area contributed by atoms with Crippen LogP contribution in [-0.2, 0) is 12.8 Å². The lowest BCUT2D eigenvalue weighted by Gasteiger charge is -2.14. The fraction of sp³-hybridized carbons (Fsp3) is 0.294. The van der Waals surface area contributed by atoms with Crippen LogP contribution in [-0.4, -0.2) is 34.8 Å². The van der Waals surface area contributed by atoms with Crippen LogP contribution in [0.5, 0.6) is 5.75 Å². The number of carbonyl (C=O) groups is 1. The zero-order valence-corrected chi connectivity index (χ0v) is 13.0. The molecule has 6 heteroatoms. The van der Waals surface area contributed by atoms with Gasteiger partial charge >= 0.3 is 5.97 Å². The summed E-state index contributed by atoms with van der Waals surface area (Å²) in [6, 6.07) is 5.85. The second kappa shape index (κ2) is 5.46. The largest absolute Gasteiger partial charge is 0.506 e. The van der Waals surface area contributed by atoms with Crippen molar-refractivity contribution in [3.63, 3.8) is 0 Å². The van der Waals surface area contributed by atoms with Crippen LogP contribution in [0.3, 0.4) is 0 Å². The number of aromatic carboxylic acids is 1. The van der Waals surface area contributed by atoms with Gasteiger partial charge in [-0.15, -0.1) is 0 Å². The van der Waals surface area contributed by atoms with Crippen molar-refractivity contribution in [2.24, 2.45) is 0 Å². The fourth-order valence-corrected chi connectivity index (χ4v) is 3.14. The van der Waals surface area contributed by atoms with Crippen LogP contribution in [0, 0.1) is 0 Å². The number of aromatic hydroxyl groups is 1. The first-order valence-electron chi connectivity index (χ1n) is 7.49. The highest BCUT2D eigenvalue weighted by Crippen LogP contribution is 2.34. The Morgan fingerprint density at radius 3 is 2.78 bits per heavy atom. The second-order valence-corrected chi connectivity index (χ2v) is 5.71. The molecule has 3 N–H and O–H groups in total. The number of hydrogen-bond donors (Lipinski definition) is 3. The van der Waals surface area contributed by atoms with Crippen molar-refractivity contribution < 1.29 is 15.0 Å². The van der Waals surface area contributed by atoms with Crippen LogP contribution in [0.15, 0.2) is 23.0 Å². The minimum Gasteiger partial charge on any atom is -0.506 e. The molecule has 0 saturated carbocycles. The molecule has 0 bridgehead atoms. The molecule has 2 heterocycles. The molecule has 0 amide bonds. The number of carboxylic acid groups (broad SMARTS) is 1. The number of H-pyrrole nitrogens is 1. The van der Waals surface area contributed by atoms with Crippen molar-refractivity contribution in [3.8, 4) is 17.0 Å². The monoisotopic (exact) mass is 314 g/mol. The maximum atomic E-state index is 12.0. The highest BCUT2D eigenvalue weighted by Gasteiger charge is 2.23. The normalized spacial score (nSPS) is 13.2. The Kier molecular flexibility index (Phi) is 3.60. The molecule has 0 spiro atoms. The minimum absolute atomic E-state index is 0.412. The summed E-state index contributed by atoms with van der Waals surface area (Å²) in [4.78, 5) is 28.0. The molecular weight excluding hydrogens is 296 g/mol. The minimum atomic E-state index is -1.43. The molecule has 23 heavy (non-hydrogen) atoms. The summed E-state index contributed by atoms with van der Waals surface area (Å²) >= 11 is 0. The molecule has 0 radical (unpaired) electrons. The van der Waals surface area contributed by atoms with Crippen molar-refractivity contribution >= 4 is 11.7 Å². The lowest BCUT2D eigenvalue weighted by molar-refractivity contribution is 0.0691. The quantitative estimate of drug-likeness (QED) is 0.805. The van der Waals surface area contributed by atoms with Gasteiger partial charge in [0.1, 0.15) is 5.75 Å². The average Bonchev–Trinajstić information content (AvgIpc) is 2.87. The summed E-state index contributed by atoms with van der Waals surface area (Å²) in [7, 11) is 2.03. The molecule has 1 aromatic carbocycles. The number of fused-ring (bicyclic) bond motifs is 1. The maximum absolute atomic E-state index is 12.0. The number of anilines is 1. The number of pyridine rings is 1. The molecule has 120 valence electrons. The summed E-state index contributed by atoms with van der Waals surface area (Å²) < 4.78 is 0. The zero-order valence-electron chi connectivity index (χ0n) is 13.0. The number of hydrogen-bond acceptors (Lipinski definition) is 4. The van der Waals surface area contributed by atoms with Crippen molar-refractivity contribution in [1.82, 2.24) is 4.98 Å². The number of aromatic amines is 1. The van der Waals surface area contributed by atoms with E-state index >= 15 is 0 Å². The molecule has 1 aliphatic rings. The van der Waals surface area contributed by atoms with Gasteiger partial charge in [-0.25, -0.2) is 4.79 Å². The first-order valence-corrected chi connectivity index (χ1v) is 7.49. The summed E-state index contributed by atoms with van der Waals surface area (Å²) in [5.74, 6) is -1.88. The Morgan fingerprint density at radius 2 is 2.13 bits per heavy atom. The standard InChI is InChI=1S/C17H18N2O4/c1-3-11-14(18-16(21)13(15(11)20)17(22)23)10-4-5-12-9(8-10)6-7-19(12)2/h4-5,8H,3,6-7H2,1-2H3,(H,22,23)(H2,18,20,21). The van der Waals surface area contributed by atoms with E-state index < -0.39 is 22.8 Å². The lowest BCUT2D eigenvalue weighted by atomic mass is 9.98. The Hall–Kier alpha value is -2.76. The molecule has 1 aromatic heterocycles. The molecular formula is C17H18N2O4. The molecule has 6 nitrogen and oxygen atoms in total. The van der Waals surface area contributed by atoms with Gasteiger partial charge in [-0.3, -0.25) is 4.79 Å². The smallest absolute Gasteiger partial charge is 0.345 e. The van der Waals surface area contributed by atoms with E-state index in [1.165, 1.54) is 5.56 Å². The Bertz CT molecular complexity index is 854. The van der Waals surface area contributed by atoms with E-state index in [1.54, 1.807) is 0 Å². The third-order valence-electron chi connectivity index (χ3n) is 4.35. The van der Waals surface area contributed by atoms with Gasteiger partial charge in [0.2, 0.25) is 0 Å². The third-order valence-corrected chi connectivity index (χ3v) is 4.35. The number of carboxylic acids is 1. The third kappa shape index (κ3) is 2.36. The van der Waals surface area contributed by atoms with Gasteiger partial charge in [0.15, 0.2) is 5.56 Å². The number of rotatable bonds is 3. The molecule has 0 unspecified atom stereocenters. The average molecular weight is 314 g/mol. The van der Waals surface area contributed by atoms with E-state index in [0.29, 0.717) is 17.7 Å². The van der Waals surface area contributed by atoms with E-state index in [-0.39, 0.29) is 0 Å². The van der Waals surface area contributed by atoms with Gasteiger partial charge in [0, 0.05) is 24.8 Å². The van der Waals surface area contributed by atoms with E-state index in [4.69, 9.17) is 5.11 Å². The number of nitrogens with zero attached hydrogens (tertiary/aromatic N) is 1. The van der Waals surface area contributed by atoms with Gasteiger partial charge < -0.3 is 20.1 Å². The molecule has 0 fully saturated rings. The van der Waals surface area contributed by atoms with Gasteiger partial charge in [0.05, 0.1) is 5.69 Å². The number of nitrogens with one attached hydrogen (secondary N) is 1. The van der Waals surface area contributed by atoms with Crippen molar-refractivity contribution in [2.75, 3.05) is 18.5 Å². The van der Waals surface area contributed by atoms with E-state index in [2.05, 4.69) is 9.88 Å². The molecule has 3 rings (SSSR count). The number of benzene rings is 1. The van der Waals surface area contributed by atoms with Crippen LogP contribution in [0.1, 0.15) is 28.4 Å². The fourth-order valence-electron chi connectivity index (χ4n) is 3.14. The summed E-state index contributed by atoms with van der Waals surface area (Å²) in [6.07, 6.45) is 1.33. The number of likely N-dealkylation sites (N-methyl/N-ethyl adjacent to an activating group) is 1. The van der Waals surface area contributed by atoms with Gasteiger partial charge in [-0.05, 0) is 36.1 Å². The highest BCUT2D eigenvalue weighted by molar-refractivity contribution is 5.92. The Balaban J connectivity index is 2.21. The molecule has 1 aliphatic heterocycles. The van der Waals surface area contributed by atoms with Crippen LogP contribution in [0.25, 0.3) is 11.3 Å². The summed E-state index contributed by atoms with van der Waals surface area (Å²) in [5.41, 5.74) is 2.63. The predicted octanol–water partition coefficient (Wildman–Crippen LogP) is 2.00. The lowest BCUT2D eigenvalue weighted by Crippen LogP contribution is -2.20. The summed E-state index contributed by atoms with van der Waals surface area (Å²) in [5, 5.41) is 19.3. The first kappa shape index (κ1) is 15.1. The van der Waals surface area contributed by atoms with Gasteiger partial charge in [-0.2, -0.15) is 0 Å². The Morgan fingerprint density at radius 1 is 1.39 bits per heavy atom. The topological polar surface area (TPSA) is 93.6 Å². The van der Waals surface area contributed by atoms with E-state index in [1.807, 2.05) is 32.2 Å². The second-order valence-electron chi connectivity index (χ2n) is 5.71. The van der Waals surface area contributed by atoms with Crippen molar-refractivity contribution in [3.05, 3.63) is 45.2 Å². The SMILES string of the molecule is CCc1c(-c2ccc3c(c2)CCN3C)[nH]c(=O)c(C(=O)O)c1O. The molecule has 2 aromatic rings. The highest BCUT2D eigenvalue weighted by atomic mass is 16.4. The Labute approximate surface area is 133 Å². The molecule has 0 atom stereocenters. The van der Waals surface area contributed by atoms with E-state index in [9.17, 15) is 14.7 Å². The van der Waals surface area contributed by atoms with Crippen LogP contribution in [0.4, 0.5) is 5.69 Å². The van der Waals surface area contributed by atoms with Crippen molar-refractivity contribution in [1.29, 1.82) is 0 Å². The van der Waals surface area contributed by atoms with E-state index in [0.717, 1.165) is 24.2 Å². The van der Waals surface area contributed by atoms with Gasteiger partial charge in [0.25, 0.3) is 5.56 Å².